The first-order valence-electron chi connectivity index (χ1n) is 5.07. The van der Waals surface area contributed by atoms with Gasteiger partial charge in [-0.25, -0.2) is 0 Å². The van der Waals surface area contributed by atoms with Gasteiger partial charge in [-0.05, 0) is 45.1 Å². The number of allylic oxidation sites excluding steroid dienone is 2. The number of furan rings is 1. The molecule has 0 bridgehead atoms. The molecule has 0 saturated heterocycles. The fourth-order valence-electron chi connectivity index (χ4n) is 0.911. The Morgan fingerprint density at radius 3 is 2.69 bits per heavy atom. The highest BCUT2D eigenvalue weighted by atomic mass is 16.5. The van der Waals surface area contributed by atoms with Gasteiger partial charge in [0.1, 0.15) is 5.76 Å². The molecule has 0 radical (unpaired) electrons. The van der Waals surface area contributed by atoms with Crippen LogP contribution in [0.3, 0.4) is 0 Å². The van der Waals surface area contributed by atoms with Crippen LogP contribution in [0.25, 0.3) is 6.08 Å². The summed E-state index contributed by atoms with van der Waals surface area (Å²) in [4.78, 5) is 11.3. The Bertz CT molecular complexity index is 378. The summed E-state index contributed by atoms with van der Waals surface area (Å²) in [6.07, 6.45) is 7.40. The monoisotopic (exact) mass is 220 g/mol. The fraction of sp³-hybridized carbons (Fsp3) is 0.308. The van der Waals surface area contributed by atoms with Gasteiger partial charge in [-0.15, -0.1) is 0 Å². The highest BCUT2D eigenvalue weighted by Crippen LogP contribution is 2.07. The first kappa shape index (κ1) is 12.3. The summed E-state index contributed by atoms with van der Waals surface area (Å²) < 4.78 is 10.3. The molecule has 0 N–H and O–H groups in total. The van der Waals surface area contributed by atoms with E-state index in [0.717, 1.165) is 0 Å². The Hall–Kier alpha value is -1.77. The van der Waals surface area contributed by atoms with E-state index >= 15 is 0 Å². The van der Waals surface area contributed by atoms with Crippen molar-refractivity contribution in [2.45, 2.75) is 26.4 Å². The molecular weight excluding hydrogens is 204 g/mol. The van der Waals surface area contributed by atoms with Crippen molar-refractivity contribution >= 4 is 11.9 Å². The number of rotatable bonds is 4. The highest BCUT2D eigenvalue weighted by Gasteiger charge is 2.07. The third-order valence-electron chi connectivity index (χ3n) is 1.61. The molecule has 86 valence electrons. The Labute approximate surface area is 95.4 Å². The minimum atomic E-state index is -0.276. The van der Waals surface area contributed by atoms with Crippen molar-refractivity contribution in [2.24, 2.45) is 0 Å². The van der Waals surface area contributed by atoms with E-state index in [2.05, 4.69) is 0 Å². The number of carbonyl (C=O) groups is 1. The summed E-state index contributed by atoms with van der Waals surface area (Å²) in [6.45, 7) is 5.75. The minimum Gasteiger partial charge on any atom is -0.496 e. The van der Waals surface area contributed by atoms with Crippen LogP contribution in [0.5, 0.6) is 0 Å². The Balaban J connectivity index is 2.42. The van der Waals surface area contributed by atoms with Crippen LogP contribution in [0.1, 0.15) is 26.5 Å². The van der Waals surface area contributed by atoms with Crippen LogP contribution in [0.4, 0.5) is 0 Å². The molecule has 16 heavy (non-hydrogen) atoms. The maximum absolute atomic E-state index is 11.3. The molecule has 0 aromatic carbocycles. The molecule has 0 aliphatic carbocycles. The predicted octanol–water partition coefficient (Wildman–Crippen LogP) is 3.19. The van der Waals surface area contributed by atoms with E-state index in [-0.39, 0.29) is 11.4 Å². The summed E-state index contributed by atoms with van der Waals surface area (Å²) >= 11 is 0. The summed E-state index contributed by atoms with van der Waals surface area (Å²) in [7, 11) is 0. The third-order valence-corrected chi connectivity index (χ3v) is 1.61. The zero-order valence-electron chi connectivity index (χ0n) is 9.77. The molecule has 3 heteroatoms. The van der Waals surface area contributed by atoms with Gasteiger partial charge in [0, 0.05) is 6.08 Å². The van der Waals surface area contributed by atoms with Crippen molar-refractivity contribution < 1.29 is 13.9 Å². The molecule has 0 unspecified atom stereocenters. The highest BCUT2D eigenvalue weighted by molar-refractivity contribution is 6.01. The second kappa shape index (κ2) is 5.35. The normalized spacial score (nSPS) is 12.4. The lowest BCUT2D eigenvalue weighted by Crippen LogP contribution is -2.15. The van der Waals surface area contributed by atoms with Gasteiger partial charge < -0.3 is 9.15 Å². The van der Waals surface area contributed by atoms with E-state index in [0.29, 0.717) is 5.76 Å². The predicted molar refractivity (Wildman–Crippen MR) is 62.7 cm³/mol. The van der Waals surface area contributed by atoms with Gasteiger partial charge in [0.05, 0.1) is 18.1 Å². The maximum Gasteiger partial charge on any atom is 0.181 e. The largest absolute Gasteiger partial charge is 0.496 e. The summed E-state index contributed by atoms with van der Waals surface area (Å²) in [5.74, 6) is 0.513. The molecule has 0 amide bonds. The molecule has 0 atom stereocenters. The van der Waals surface area contributed by atoms with Gasteiger partial charge in [0.25, 0.3) is 0 Å². The lowest BCUT2D eigenvalue weighted by atomic mass is 10.2. The van der Waals surface area contributed by atoms with Crippen LogP contribution in [0.2, 0.25) is 0 Å². The van der Waals surface area contributed by atoms with Crippen LogP contribution in [-0.2, 0) is 9.53 Å². The van der Waals surface area contributed by atoms with Gasteiger partial charge in [-0.2, -0.15) is 0 Å². The molecule has 1 rings (SSSR count). The quantitative estimate of drug-likeness (QED) is 0.578. The summed E-state index contributed by atoms with van der Waals surface area (Å²) in [5, 5.41) is 0. The second-order valence-electron chi connectivity index (χ2n) is 4.28. The molecule has 0 spiro atoms. The molecule has 1 heterocycles. The van der Waals surface area contributed by atoms with Gasteiger partial charge in [-0.1, -0.05) is 0 Å². The van der Waals surface area contributed by atoms with Crippen molar-refractivity contribution in [3.05, 3.63) is 42.6 Å². The van der Waals surface area contributed by atoms with E-state index in [9.17, 15) is 4.79 Å². The number of ketones is 1. The molecule has 1 aromatic rings. The van der Waals surface area contributed by atoms with Gasteiger partial charge in [0.2, 0.25) is 0 Å². The molecule has 0 saturated carbocycles. The molecular formula is C13H16O3. The molecule has 0 aliphatic rings. The zero-order valence-corrected chi connectivity index (χ0v) is 9.77. The molecule has 0 aliphatic heterocycles. The standard InChI is InChI=1S/C13H16O3/c1-13(2,3)16-10-8-11(14)6-7-12-5-4-9-15-12/h4-10H,1-3H3/b7-6+,10-8+. The maximum atomic E-state index is 11.3. The van der Waals surface area contributed by atoms with Gasteiger partial charge >= 0.3 is 0 Å². The van der Waals surface area contributed by atoms with Crippen molar-refractivity contribution in [2.75, 3.05) is 0 Å². The van der Waals surface area contributed by atoms with E-state index in [1.54, 1.807) is 24.5 Å². The zero-order chi connectivity index (χ0) is 12.0. The Morgan fingerprint density at radius 1 is 1.38 bits per heavy atom. The van der Waals surface area contributed by atoms with Crippen molar-refractivity contribution in [3.8, 4) is 0 Å². The van der Waals surface area contributed by atoms with Crippen LogP contribution >= 0.6 is 0 Å². The van der Waals surface area contributed by atoms with E-state index in [1.807, 2.05) is 20.8 Å². The van der Waals surface area contributed by atoms with Gasteiger partial charge in [-0.3, -0.25) is 4.79 Å². The smallest absolute Gasteiger partial charge is 0.181 e. The third kappa shape index (κ3) is 5.20. The number of carbonyl (C=O) groups excluding carboxylic acids is 1. The molecule has 1 aromatic heterocycles. The van der Waals surface area contributed by atoms with Crippen molar-refractivity contribution in [1.29, 1.82) is 0 Å². The number of ether oxygens (including phenoxy) is 1. The summed E-state index contributed by atoms with van der Waals surface area (Å²) in [5.41, 5.74) is -0.276. The SMILES string of the molecule is CC(C)(C)O/C=C/C(=O)/C=C/c1ccco1. The lowest BCUT2D eigenvalue weighted by molar-refractivity contribution is -0.110. The van der Waals surface area contributed by atoms with Crippen LogP contribution in [0, 0.1) is 0 Å². The molecule has 3 nitrogen and oxygen atoms in total. The average molecular weight is 220 g/mol. The van der Waals surface area contributed by atoms with Crippen LogP contribution in [0.15, 0.2) is 41.2 Å². The topological polar surface area (TPSA) is 39.4 Å². The fourth-order valence-corrected chi connectivity index (χ4v) is 0.911. The lowest BCUT2D eigenvalue weighted by Gasteiger charge is -2.17. The van der Waals surface area contributed by atoms with Crippen molar-refractivity contribution in [3.63, 3.8) is 0 Å². The van der Waals surface area contributed by atoms with E-state index in [4.69, 9.17) is 9.15 Å². The average Bonchev–Trinajstić information content (AvgIpc) is 2.65. The summed E-state index contributed by atoms with van der Waals surface area (Å²) in [6, 6.07) is 3.54. The number of hydrogen-bond donors (Lipinski definition) is 0. The van der Waals surface area contributed by atoms with Crippen LogP contribution in [-0.4, -0.2) is 11.4 Å². The Morgan fingerprint density at radius 2 is 2.12 bits per heavy atom. The first-order chi connectivity index (χ1) is 7.47. The molecule has 0 fully saturated rings. The first-order valence-corrected chi connectivity index (χ1v) is 5.07. The number of hydrogen-bond acceptors (Lipinski definition) is 3. The van der Waals surface area contributed by atoms with E-state index in [1.165, 1.54) is 18.4 Å². The van der Waals surface area contributed by atoms with Gasteiger partial charge in [0.15, 0.2) is 5.78 Å². The van der Waals surface area contributed by atoms with Crippen LogP contribution < -0.4 is 0 Å². The van der Waals surface area contributed by atoms with E-state index < -0.39 is 0 Å². The Kier molecular flexibility index (Phi) is 4.11. The van der Waals surface area contributed by atoms with Crippen molar-refractivity contribution in [1.82, 2.24) is 0 Å². The second-order valence-corrected chi connectivity index (χ2v) is 4.28. The minimum absolute atomic E-state index is 0.138.